The first-order chi connectivity index (χ1) is 12.5. The molecule has 3 N–H and O–H groups in total. The summed E-state index contributed by atoms with van der Waals surface area (Å²) in [6, 6.07) is 3.50. The first kappa shape index (κ1) is 17.0. The third kappa shape index (κ3) is 3.18. The van der Waals surface area contributed by atoms with Crippen LogP contribution in [0, 0.1) is 0 Å². The molecule has 0 amide bonds. The molecule has 3 aromatic rings. The van der Waals surface area contributed by atoms with Gasteiger partial charge in [0, 0.05) is 31.6 Å². The number of fused-ring (bicyclic) bond motifs is 1. The summed E-state index contributed by atoms with van der Waals surface area (Å²) in [6.07, 6.45) is 2.16. The molecule has 0 bridgehead atoms. The Balaban J connectivity index is 1.60. The van der Waals surface area contributed by atoms with E-state index in [0.717, 1.165) is 5.69 Å². The molecular formula is C16H14Cl2N6O2. The molecule has 1 aliphatic rings. The topological polar surface area (TPSA) is 114 Å². The Morgan fingerprint density at radius 3 is 2.73 bits per heavy atom. The van der Waals surface area contributed by atoms with E-state index >= 15 is 0 Å². The number of nitrogens with two attached hydrogens (primary N) is 1. The van der Waals surface area contributed by atoms with Crippen LogP contribution in [0.3, 0.4) is 0 Å². The molecule has 10 heteroatoms. The number of anilines is 1. The molecule has 0 saturated carbocycles. The second kappa shape index (κ2) is 6.71. The first-order valence-electron chi connectivity index (χ1n) is 7.87. The van der Waals surface area contributed by atoms with Gasteiger partial charge in [-0.2, -0.15) is 0 Å². The van der Waals surface area contributed by atoms with Crippen molar-refractivity contribution in [3.05, 3.63) is 55.9 Å². The van der Waals surface area contributed by atoms with E-state index in [0.29, 0.717) is 48.8 Å². The van der Waals surface area contributed by atoms with Gasteiger partial charge in [-0.1, -0.05) is 23.2 Å². The zero-order valence-electron chi connectivity index (χ0n) is 13.5. The monoisotopic (exact) mass is 392 g/mol. The summed E-state index contributed by atoms with van der Waals surface area (Å²) in [7, 11) is 0. The molecule has 0 saturated heterocycles. The lowest BCUT2D eigenvalue weighted by molar-refractivity contribution is 0.241. The third-order valence-corrected chi connectivity index (χ3v) is 4.83. The quantitative estimate of drug-likeness (QED) is 0.656. The number of aromatic nitrogens is 4. The van der Waals surface area contributed by atoms with Crippen LogP contribution in [-0.4, -0.2) is 31.4 Å². The molecule has 0 aromatic carbocycles. The summed E-state index contributed by atoms with van der Waals surface area (Å²) in [4.78, 5) is 29.7. The summed E-state index contributed by atoms with van der Waals surface area (Å²) in [6.45, 7) is 1.53. The van der Waals surface area contributed by atoms with Crippen LogP contribution in [0.25, 0.3) is 11.6 Å². The number of halogens is 2. The Morgan fingerprint density at radius 2 is 2.04 bits per heavy atom. The van der Waals surface area contributed by atoms with Crippen molar-refractivity contribution in [3.63, 3.8) is 0 Å². The molecule has 0 aliphatic carbocycles. The molecule has 0 radical (unpaired) electrons. The Morgan fingerprint density at radius 1 is 1.27 bits per heavy atom. The van der Waals surface area contributed by atoms with Crippen molar-refractivity contribution in [2.45, 2.75) is 19.5 Å². The molecule has 0 spiro atoms. The van der Waals surface area contributed by atoms with Crippen molar-refractivity contribution in [1.29, 1.82) is 0 Å². The van der Waals surface area contributed by atoms with Crippen molar-refractivity contribution in [2.24, 2.45) is 0 Å². The average molecular weight is 393 g/mol. The molecule has 0 fully saturated rings. The molecule has 8 nitrogen and oxygen atoms in total. The maximum absolute atomic E-state index is 12.5. The van der Waals surface area contributed by atoms with Crippen LogP contribution >= 0.6 is 23.2 Å². The van der Waals surface area contributed by atoms with Crippen LogP contribution in [0.2, 0.25) is 10.3 Å². The highest BCUT2D eigenvalue weighted by molar-refractivity contribution is 6.34. The van der Waals surface area contributed by atoms with E-state index in [1.54, 1.807) is 18.4 Å². The zero-order valence-corrected chi connectivity index (χ0v) is 15.0. The number of hydrogen-bond acceptors (Lipinski definition) is 7. The minimum Gasteiger partial charge on any atom is -0.461 e. The lowest BCUT2D eigenvalue weighted by atomic mass is 10.1. The minimum absolute atomic E-state index is 0.0267. The standard InChI is InChI=1S/C16H14Cl2N6O2/c17-12-9(13(18)22-16(19)21-12)7-24-4-3-10-8(6-24)15(25)23-14(20-10)11-2-1-5-26-11/h1-2,5H,3-4,6-7H2,(H2,19,21,22)(H,20,23,25). The van der Waals surface area contributed by atoms with E-state index in [-0.39, 0.29) is 21.8 Å². The van der Waals surface area contributed by atoms with E-state index in [9.17, 15) is 4.79 Å². The molecule has 0 atom stereocenters. The fourth-order valence-electron chi connectivity index (χ4n) is 2.95. The van der Waals surface area contributed by atoms with Crippen LogP contribution in [0.4, 0.5) is 5.95 Å². The number of hydrogen-bond donors (Lipinski definition) is 2. The van der Waals surface area contributed by atoms with Gasteiger partial charge in [-0.25, -0.2) is 15.0 Å². The van der Waals surface area contributed by atoms with E-state index in [4.69, 9.17) is 33.4 Å². The summed E-state index contributed by atoms with van der Waals surface area (Å²) < 4.78 is 5.31. The normalized spacial score (nSPS) is 14.4. The smallest absolute Gasteiger partial charge is 0.256 e. The van der Waals surface area contributed by atoms with Gasteiger partial charge in [-0.15, -0.1) is 0 Å². The van der Waals surface area contributed by atoms with Gasteiger partial charge >= 0.3 is 0 Å². The Kier molecular flexibility index (Phi) is 4.39. The molecular weight excluding hydrogens is 379 g/mol. The number of nitrogen functional groups attached to an aromatic ring is 1. The van der Waals surface area contributed by atoms with Gasteiger partial charge < -0.3 is 15.1 Å². The largest absolute Gasteiger partial charge is 0.461 e. The average Bonchev–Trinajstić information content (AvgIpc) is 3.13. The Bertz CT molecular complexity index is 995. The summed E-state index contributed by atoms with van der Waals surface area (Å²) in [5, 5.41) is 0.432. The third-order valence-electron chi connectivity index (χ3n) is 4.21. The second-order valence-corrected chi connectivity index (χ2v) is 6.64. The van der Waals surface area contributed by atoms with Crippen LogP contribution in [0.15, 0.2) is 27.6 Å². The molecule has 3 aromatic heterocycles. The zero-order chi connectivity index (χ0) is 18.3. The van der Waals surface area contributed by atoms with Crippen LogP contribution in [0.1, 0.15) is 16.8 Å². The maximum Gasteiger partial charge on any atom is 0.256 e. The molecule has 1 aliphatic heterocycles. The van der Waals surface area contributed by atoms with Gasteiger partial charge in [0.2, 0.25) is 5.95 Å². The van der Waals surface area contributed by atoms with Crippen molar-refractivity contribution in [2.75, 3.05) is 12.3 Å². The van der Waals surface area contributed by atoms with Gasteiger partial charge in [-0.3, -0.25) is 9.69 Å². The van der Waals surface area contributed by atoms with E-state index < -0.39 is 0 Å². The Hall–Kier alpha value is -2.42. The maximum atomic E-state index is 12.5. The van der Waals surface area contributed by atoms with Crippen LogP contribution < -0.4 is 11.3 Å². The highest BCUT2D eigenvalue weighted by Crippen LogP contribution is 2.26. The number of H-pyrrole nitrogens is 1. The summed E-state index contributed by atoms with van der Waals surface area (Å²) in [5.41, 5.74) is 7.32. The van der Waals surface area contributed by atoms with E-state index in [1.807, 2.05) is 4.90 Å². The second-order valence-electron chi connectivity index (χ2n) is 5.92. The molecule has 4 heterocycles. The number of rotatable bonds is 3. The number of nitrogens with one attached hydrogen (secondary N) is 1. The molecule has 4 rings (SSSR count). The SMILES string of the molecule is Nc1nc(Cl)c(CN2CCc3nc(-c4ccco4)[nH]c(=O)c3C2)c(Cl)n1. The van der Waals surface area contributed by atoms with E-state index in [2.05, 4.69) is 19.9 Å². The Labute approximate surface area is 158 Å². The van der Waals surface area contributed by atoms with E-state index in [1.165, 1.54) is 0 Å². The van der Waals surface area contributed by atoms with Crippen molar-refractivity contribution >= 4 is 29.2 Å². The molecule has 26 heavy (non-hydrogen) atoms. The van der Waals surface area contributed by atoms with Crippen molar-refractivity contribution in [1.82, 2.24) is 24.8 Å². The minimum atomic E-state index is -0.183. The van der Waals surface area contributed by atoms with Crippen LogP contribution in [0.5, 0.6) is 0 Å². The lowest BCUT2D eigenvalue weighted by Gasteiger charge is -2.27. The number of nitrogens with zero attached hydrogens (tertiary/aromatic N) is 4. The van der Waals surface area contributed by atoms with Gasteiger partial charge in [0.25, 0.3) is 5.56 Å². The summed E-state index contributed by atoms with van der Waals surface area (Å²) in [5.74, 6) is 0.994. The number of aromatic amines is 1. The fraction of sp³-hybridized carbons (Fsp3) is 0.250. The molecule has 134 valence electrons. The van der Waals surface area contributed by atoms with Gasteiger partial charge in [0.15, 0.2) is 11.6 Å². The molecule has 0 unspecified atom stereocenters. The number of furan rings is 1. The highest BCUT2D eigenvalue weighted by atomic mass is 35.5. The summed E-state index contributed by atoms with van der Waals surface area (Å²) >= 11 is 12.3. The van der Waals surface area contributed by atoms with Gasteiger partial charge in [0.05, 0.1) is 17.5 Å². The van der Waals surface area contributed by atoms with Gasteiger partial charge in [0.1, 0.15) is 10.3 Å². The van der Waals surface area contributed by atoms with Gasteiger partial charge in [-0.05, 0) is 12.1 Å². The predicted octanol–water partition coefficient (Wildman–Crippen LogP) is 2.27. The fourth-order valence-corrected chi connectivity index (χ4v) is 3.47. The van der Waals surface area contributed by atoms with Crippen LogP contribution in [-0.2, 0) is 19.5 Å². The van der Waals surface area contributed by atoms with Crippen molar-refractivity contribution < 1.29 is 4.42 Å². The predicted molar refractivity (Wildman–Crippen MR) is 96.8 cm³/mol. The lowest BCUT2D eigenvalue weighted by Crippen LogP contribution is -2.35. The first-order valence-corrected chi connectivity index (χ1v) is 8.62. The highest BCUT2D eigenvalue weighted by Gasteiger charge is 2.24. The van der Waals surface area contributed by atoms with Crippen molar-refractivity contribution in [3.8, 4) is 11.6 Å².